The fraction of sp³-hybridized carbons (Fsp3) is 0.240. The minimum absolute atomic E-state index is 0.0142. The number of aromatic nitrogens is 2. The van der Waals surface area contributed by atoms with Gasteiger partial charge < -0.3 is 9.73 Å². The van der Waals surface area contributed by atoms with Gasteiger partial charge in [-0.3, -0.25) is 9.78 Å². The second-order valence-electron chi connectivity index (χ2n) is 8.50. The van der Waals surface area contributed by atoms with Crippen molar-refractivity contribution in [1.29, 1.82) is 0 Å². The Bertz CT molecular complexity index is 1490. The van der Waals surface area contributed by atoms with Crippen LogP contribution in [0.5, 0.6) is 0 Å². The molecule has 2 aromatic heterocycles. The molecule has 2 heterocycles. The number of rotatable bonds is 7. The molecule has 1 aliphatic rings. The second-order valence-corrected chi connectivity index (χ2v) is 11.6. The Kier molecular flexibility index (Phi) is 6.07. The van der Waals surface area contributed by atoms with Crippen molar-refractivity contribution in [3.05, 3.63) is 81.9 Å². The van der Waals surface area contributed by atoms with Gasteiger partial charge in [-0.1, -0.05) is 42.3 Å². The average molecular weight is 530 g/mol. The summed E-state index contributed by atoms with van der Waals surface area (Å²) in [6.45, 7) is 1.57. The van der Waals surface area contributed by atoms with E-state index in [-0.39, 0.29) is 23.0 Å². The highest BCUT2D eigenvalue weighted by Crippen LogP contribution is 2.57. The number of anilines is 1. The van der Waals surface area contributed by atoms with Crippen LogP contribution in [-0.4, -0.2) is 30.0 Å². The van der Waals surface area contributed by atoms with Gasteiger partial charge in [0.2, 0.25) is 11.8 Å². The molecule has 0 aliphatic heterocycles. The van der Waals surface area contributed by atoms with Crippen LogP contribution in [0, 0.1) is 0 Å². The van der Waals surface area contributed by atoms with E-state index in [1.54, 1.807) is 19.1 Å². The highest BCUT2D eigenvalue weighted by molar-refractivity contribution is 7.91. The number of sulfone groups is 1. The van der Waals surface area contributed by atoms with Gasteiger partial charge in [-0.15, -0.1) is 0 Å². The van der Waals surface area contributed by atoms with E-state index < -0.39 is 15.3 Å². The molecule has 10 heteroatoms. The molecule has 1 fully saturated rings. The maximum atomic E-state index is 12.6. The molecule has 0 unspecified atom stereocenters. The van der Waals surface area contributed by atoms with Gasteiger partial charge in [0.15, 0.2) is 15.4 Å². The third kappa shape index (κ3) is 4.53. The van der Waals surface area contributed by atoms with E-state index in [2.05, 4.69) is 15.3 Å². The van der Waals surface area contributed by atoms with E-state index >= 15 is 0 Å². The Hall–Kier alpha value is -2.94. The van der Waals surface area contributed by atoms with Gasteiger partial charge in [-0.25, -0.2) is 13.4 Å². The predicted octanol–water partition coefficient (Wildman–Crippen LogP) is 5.58. The molecule has 5 rings (SSSR count). The molecule has 0 spiro atoms. The van der Waals surface area contributed by atoms with Gasteiger partial charge >= 0.3 is 0 Å². The number of halogens is 2. The summed E-state index contributed by atoms with van der Waals surface area (Å²) in [6, 6.07) is 13.9. The zero-order chi connectivity index (χ0) is 24.8. The number of nitrogens with zero attached hydrogens (tertiary/aromatic N) is 2. The Morgan fingerprint density at radius 1 is 1.11 bits per heavy atom. The lowest BCUT2D eigenvalue weighted by Crippen LogP contribution is -2.16. The van der Waals surface area contributed by atoms with Crippen LogP contribution >= 0.6 is 23.2 Å². The number of amides is 1. The molecule has 1 amide bonds. The molecular formula is C25H21Cl2N3O4S. The average Bonchev–Trinajstić information content (AvgIpc) is 3.49. The third-order valence-electron chi connectivity index (χ3n) is 6.14. The molecule has 0 bridgehead atoms. The second kappa shape index (κ2) is 8.93. The van der Waals surface area contributed by atoms with E-state index in [1.165, 1.54) is 18.3 Å². The lowest BCUT2D eigenvalue weighted by Gasteiger charge is -2.17. The first-order valence-corrected chi connectivity index (χ1v) is 13.5. The monoisotopic (exact) mass is 529 g/mol. The van der Waals surface area contributed by atoms with Gasteiger partial charge in [0.05, 0.1) is 22.5 Å². The number of pyridine rings is 1. The summed E-state index contributed by atoms with van der Waals surface area (Å²) in [6.07, 6.45) is 2.85. The standard InChI is InChI=1S/C25H21Cl2N3O4S/c1-2-35(32,33)17-8-7-15(28-14-17)13-22(31)29-16-11-18(26)23(19(27)12-16)25(9-10-25)24-30-20-5-3-4-6-21(20)34-24/h3-8,11-12,14H,2,9-10,13H2,1H3,(H,29,31). The van der Waals surface area contributed by atoms with Crippen molar-refractivity contribution in [3.8, 4) is 0 Å². The van der Waals surface area contributed by atoms with Gasteiger partial charge in [0, 0.05) is 33.2 Å². The number of carbonyl (C=O) groups excluding carboxylic acids is 1. The van der Waals surface area contributed by atoms with E-state index in [9.17, 15) is 13.2 Å². The Morgan fingerprint density at radius 3 is 2.43 bits per heavy atom. The summed E-state index contributed by atoms with van der Waals surface area (Å²) < 4.78 is 29.9. The first-order valence-electron chi connectivity index (χ1n) is 11.0. The minimum Gasteiger partial charge on any atom is -0.440 e. The highest BCUT2D eigenvalue weighted by Gasteiger charge is 2.52. The molecule has 1 aliphatic carbocycles. The van der Waals surface area contributed by atoms with Crippen molar-refractivity contribution < 1.29 is 17.6 Å². The number of hydrogen-bond donors (Lipinski definition) is 1. The zero-order valence-corrected chi connectivity index (χ0v) is 21.0. The molecule has 1 saturated carbocycles. The topological polar surface area (TPSA) is 102 Å². The smallest absolute Gasteiger partial charge is 0.230 e. The zero-order valence-electron chi connectivity index (χ0n) is 18.7. The molecular weight excluding hydrogens is 509 g/mol. The lowest BCUT2D eigenvalue weighted by atomic mass is 9.95. The fourth-order valence-electron chi connectivity index (χ4n) is 4.11. The van der Waals surface area contributed by atoms with Crippen LogP contribution in [0.2, 0.25) is 10.0 Å². The number of oxazole rings is 1. The number of benzene rings is 2. The first kappa shape index (κ1) is 23.8. The summed E-state index contributed by atoms with van der Waals surface area (Å²) in [5, 5.41) is 3.62. The van der Waals surface area contributed by atoms with E-state index in [1.807, 2.05) is 24.3 Å². The van der Waals surface area contributed by atoms with Crippen molar-refractivity contribution >= 4 is 55.7 Å². The summed E-state index contributed by atoms with van der Waals surface area (Å²) in [5.41, 5.74) is 2.63. The molecule has 0 atom stereocenters. The van der Waals surface area contributed by atoms with Gasteiger partial charge in [-0.05, 0) is 49.2 Å². The minimum atomic E-state index is -3.34. The molecule has 2 aromatic carbocycles. The van der Waals surface area contributed by atoms with Crippen LogP contribution in [0.1, 0.15) is 36.9 Å². The first-order chi connectivity index (χ1) is 16.7. The number of fused-ring (bicyclic) bond motifs is 1. The number of hydrogen-bond acceptors (Lipinski definition) is 6. The van der Waals surface area contributed by atoms with Crippen LogP contribution in [0.25, 0.3) is 11.1 Å². The molecule has 4 aromatic rings. The largest absolute Gasteiger partial charge is 0.440 e. The Balaban J connectivity index is 1.34. The quantitative estimate of drug-likeness (QED) is 0.335. The summed E-state index contributed by atoms with van der Waals surface area (Å²) in [4.78, 5) is 21.5. The van der Waals surface area contributed by atoms with Crippen molar-refractivity contribution in [3.63, 3.8) is 0 Å². The van der Waals surface area contributed by atoms with Crippen LogP contribution in [0.15, 0.2) is 64.0 Å². The van der Waals surface area contributed by atoms with Crippen molar-refractivity contribution in [2.75, 3.05) is 11.1 Å². The normalized spacial score (nSPS) is 14.7. The maximum Gasteiger partial charge on any atom is 0.230 e. The van der Waals surface area contributed by atoms with Crippen LogP contribution < -0.4 is 5.32 Å². The van der Waals surface area contributed by atoms with Gasteiger partial charge in [0.1, 0.15) is 5.52 Å². The molecule has 35 heavy (non-hydrogen) atoms. The van der Waals surface area contributed by atoms with Crippen molar-refractivity contribution in [2.24, 2.45) is 0 Å². The highest BCUT2D eigenvalue weighted by atomic mass is 35.5. The number of nitrogens with one attached hydrogen (secondary N) is 1. The predicted molar refractivity (Wildman–Crippen MR) is 135 cm³/mol. The summed E-state index contributed by atoms with van der Waals surface area (Å²) in [7, 11) is -3.34. The molecule has 7 nitrogen and oxygen atoms in total. The van der Waals surface area contributed by atoms with E-state index in [4.69, 9.17) is 27.6 Å². The summed E-state index contributed by atoms with van der Waals surface area (Å²) >= 11 is 13.3. The van der Waals surface area contributed by atoms with Crippen molar-refractivity contribution in [2.45, 2.75) is 36.5 Å². The SMILES string of the molecule is CCS(=O)(=O)c1ccc(CC(=O)Nc2cc(Cl)c(C3(c4nc5ccccc5o4)CC3)c(Cl)c2)nc1. The summed E-state index contributed by atoms with van der Waals surface area (Å²) in [5.74, 6) is 0.238. The van der Waals surface area contributed by atoms with Crippen LogP contribution in [-0.2, 0) is 26.5 Å². The van der Waals surface area contributed by atoms with Crippen LogP contribution in [0.4, 0.5) is 5.69 Å². The molecule has 0 radical (unpaired) electrons. The Morgan fingerprint density at radius 2 is 1.83 bits per heavy atom. The Labute approximate surface area is 212 Å². The van der Waals surface area contributed by atoms with Gasteiger partial charge in [0.25, 0.3) is 0 Å². The molecule has 0 saturated heterocycles. The maximum absolute atomic E-state index is 12.6. The van der Waals surface area contributed by atoms with Gasteiger partial charge in [-0.2, -0.15) is 0 Å². The van der Waals surface area contributed by atoms with E-state index in [0.29, 0.717) is 32.9 Å². The van der Waals surface area contributed by atoms with Crippen LogP contribution in [0.3, 0.4) is 0 Å². The molecule has 180 valence electrons. The fourth-order valence-corrected chi connectivity index (χ4v) is 5.78. The lowest BCUT2D eigenvalue weighted by molar-refractivity contribution is -0.115. The van der Waals surface area contributed by atoms with Crippen molar-refractivity contribution in [1.82, 2.24) is 9.97 Å². The number of para-hydroxylation sites is 2. The number of carbonyl (C=O) groups is 1. The van der Waals surface area contributed by atoms with E-state index in [0.717, 1.165) is 23.9 Å². The molecule has 1 N–H and O–H groups in total. The third-order valence-corrected chi connectivity index (χ3v) is 8.45.